The van der Waals surface area contributed by atoms with E-state index >= 15 is 0 Å². The fourth-order valence-corrected chi connectivity index (χ4v) is 2.66. The summed E-state index contributed by atoms with van der Waals surface area (Å²) in [5, 5.41) is 3.42. The summed E-state index contributed by atoms with van der Waals surface area (Å²) in [4.78, 5) is 0. The first-order valence-corrected chi connectivity index (χ1v) is 8.17. The van der Waals surface area contributed by atoms with Crippen LogP contribution in [0.1, 0.15) is 31.7 Å². The van der Waals surface area contributed by atoms with Crippen molar-refractivity contribution in [2.24, 2.45) is 0 Å². The van der Waals surface area contributed by atoms with Crippen molar-refractivity contribution >= 4 is 15.9 Å². The molecule has 0 unspecified atom stereocenters. The summed E-state index contributed by atoms with van der Waals surface area (Å²) in [5.74, 6) is 0. The third kappa shape index (κ3) is 5.18. The lowest BCUT2D eigenvalue weighted by atomic mass is 10.2. The molecule has 6 heteroatoms. The summed E-state index contributed by atoms with van der Waals surface area (Å²) in [6, 6.07) is 8.13. The summed E-state index contributed by atoms with van der Waals surface area (Å²) >= 11 is 0. The van der Waals surface area contributed by atoms with E-state index in [4.69, 9.17) is 0 Å². The summed E-state index contributed by atoms with van der Waals surface area (Å²) in [5.41, 5.74) is 1.75. The van der Waals surface area contributed by atoms with Crippen LogP contribution in [0.2, 0.25) is 0 Å². The van der Waals surface area contributed by atoms with Crippen LogP contribution in [-0.2, 0) is 16.8 Å². The Bertz CT molecular complexity index is 495. The molecule has 0 radical (unpaired) electrons. The molecule has 19 heavy (non-hydrogen) atoms. The first-order chi connectivity index (χ1) is 9.09. The van der Waals surface area contributed by atoms with Gasteiger partial charge in [0.05, 0.1) is 0 Å². The molecule has 0 atom stereocenters. The molecular formula is C13H21N3O2S. The molecule has 5 nitrogen and oxygen atoms in total. The van der Waals surface area contributed by atoms with Crippen molar-refractivity contribution in [3.05, 3.63) is 29.8 Å². The Morgan fingerprint density at radius 3 is 2.47 bits per heavy atom. The van der Waals surface area contributed by atoms with Crippen LogP contribution >= 0.6 is 0 Å². The number of benzene rings is 1. The van der Waals surface area contributed by atoms with Crippen molar-refractivity contribution in [1.29, 1.82) is 0 Å². The minimum atomic E-state index is -3.44. The van der Waals surface area contributed by atoms with Gasteiger partial charge in [-0.25, -0.2) is 0 Å². The van der Waals surface area contributed by atoms with Gasteiger partial charge in [0.2, 0.25) is 0 Å². The average Bonchev–Trinajstić information content (AvgIpc) is 3.19. The Hall–Kier alpha value is -1.11. The lowest BCUT2D eigenvalue weighted by Crippen LogP contribution is -2.30. The van der Waals surface area contributed by atoms with Gasteiger partial charge in [-0.3, -0.25) is 4.72 Å². The second-order valence-corrected chi connectivity index (χ2v) is 6.35. The van der Waals surface area contributed by atoms with E-state index in [1.165, 1.54) is 12.8 Å². The lowest BCUT2D eigenvalue weighted by molar-refractivity contribution is 0.586. The van der Waals surface area contributed by atoms with Crippen LogP contribution in [0.5, 0.6) is 0 Å². The molecule has 2 rings (SSSR count). The number of anilines is 1. The lowest BCUT2D eigenvalue weighted by Gasteiger charge is -2.09. The quantitative estimate of drug-likeness (QED) is 0.678. The molecule has 0 aliphatic heterocycles. The van der Waals surface area contributed by atoms with Crippen molar-refractivity contribution < 1.29 is 8.42 Å². The molecule has 1 aliphatic rings. The standard InChI is InChI=1S/C13H21N3O2S/c1-2-9-15-19(17,18)16-13-5-3-11(4-6-13)10-14-12-7-8-12/h3-6,12,14-16H,2,7-10H2,1H3. The molecule has 0 amide bonds. The fraction of sp³-hybridized carbons (Fsp3) is 0.538. The molecule has 0 bridgehead atoms. The van der Waals surface area contributed by atoms with E-state index in [9.17, 15) is 8.42 Å². The van der Waals surface area contributed by atoms with E-state index in [2.05, 4.69) is 14.8 Å². The highest BCUT2D eigenvalue weighted by molar-refractivity contribution is 7.90. The van der Waals surface area contributed by atoms with E-state index in [0.29, 0.717) is 18.3 Å². The van der Waals surface area contributed by atoms with Gasteiger partial charge in [0.15, 0.2) is 0 Å². The Kier molecular flexibility index (Phi) is 4.79. The van der Waals surface area contributed by atoms with Gasteiger partial charge in [0.25, 0.3) is 10.2 Å². The largest absolute Gasteiger partial charge is 0.310 e. The number of nitrogens with one attached hydrogen (secondary N) is 3. The smallest absolute Gasteiger partial charge is 0.299 e. The third-order valence-corrected chi connectivity index (χ3v) is 4.01. The van der Waals surface area contributed by atoms with Crippen LogP contribution in [0, 0.1) is 0 Å². The maximum atomic E-state index is 11.6. The molecule has 3 N–H and O–H groups in total. The molecule has 1 aromatic rings. The van der Waals surface area contributed by atoms with Gasteiger partial charge in [-0.05, 0) is 37.0 Å². The third-order valence-electron chi connectivity index (χ3n) is 2.92. The SMILES string of the molecule is CCCNS(=O)(=O)Nc1ccc(CNC2CC2)cc1. The van der Waals surface area contributed by atoms with Gasteiger partial charge < -0.3 is 5.32 Å². The molecule has 1 saturated carbocycles. The number of rotatable bonds is 8. The van der Waals surface area contributed by atoms with Crippen molar-refractivity contribution in [2.75, 3.05) is 11.3 Å². The topological polar surface area (TPSA) is 70.2 Å². The van der Waals surface area contributed by atoms with Crippen LogP contribution in [0.3, 0.4) is 0 Å². The molecule has 0 heterocycles. The summed E-state index contributed by atoms with van der Waals surface area (Å²) < 4.78 is 28.2. The van der Waals surface area contributed by atoms with Crippen molar-refractivity contribution in [1.82, 2.24) is 10.0 Å². The monoisotopic (exact) mass is 283 g/mol. The minimum Gasteiger partial charge on any atom is -0.310 e. The Morgan fingerprint density at radius 2 is 1.89 bits per heavy atom. The zero-order valence-corrected chi connectivity index (χ0v) is 12.0. The molecule has 1 aliphatic carbocycles. The molecule has 1 fully saturated rings. The van der Waals surface area contributed by atoms with E-state index in [1.807, 2.05) is 19.1 Å². The van der Waals surface area contributed by atoms with Crippen LogP contribution in [-0.4, -0.2) is 21.0 Å². The zero-order chi connectivity index (χ0) is 13.7. The highest BCUT2D eigenvalue weighted by atomic mass is 32.2. The predicted molar refractivity (Wildman–Crippen MR) is 77.1 cm³/mol. The molecule has 0 spiro atoms. The van der Waals surface area contributed by atoms with E-state index < -0.39 is 10.2 Å². The maximum absolute atomic E-state index is 11.6. The predicted octanol–water partition coefficient (Wildman–Crippen LogP) is 1.59. The number of hydrogen-bond donors (Lipinski definition) is 3. The van der Waals surface area contributed by atoms with Crippen molar-refractivity contribution in [2.45, 2.75) is 38.8 Å². The minimum absolute atomic E-state index is 0.443. The molecule has 106 valence electrons. The first kappa shape index (κ1) is 14.3. The van der Waals surface area contributed by atoms with Gasteiger partial charge in [0.1, 0.15) is 0 Å². The van der Waals surface area contributed by atoms with Crippen LogP contribution in [0.4, 0.5) is 5.69 Å². The van der Waals surface area contributed by atoms with Crippen LogP contribution in [0.15, 0.2) is 24.3 Å². The molecule has 1 aromatic carbocycles. The summed E-state index contributed by atoms with van der Waals surface area (Å²) in [6.45, 7) is 3.20. The number of hydrogen-bond acceptors (Lipinski definition) is 3. The van der Waals surface area contributed by atoms with Gasteiger partial charge in [-0.15, -0.1) is 0 Å². The van der Waals surface area contributed by atoms with E-state index in [-0.39, 0.29) is 0 Å². The zero-order valence-electron chi connectivity index (χ0n) is 11.1. The van der Waals surface area contributed by atoms with E-state index in [1.54, 1.807) is 12.1 Å². The Balaban J connectivity index is 1.86. The molecule has 0 saturated heterocycles. The molecule has 0 aromatic heterocycles. The summed E-state index contributed by atoms with van der Waals surface area (Å²) in [6.07, 6.45) is 3.30. The Morgan fingerprint density at radius 1 is 1.21 bits per heavy atom. The average molecular weight is 283 g/mol. The van der Waals surface area contributed by atoms with E-state index in [0.717, 1.165) is 18.5 Å². The van der Waals surface area contributed by atoms with Gasteiger partial charge in [-0.2, -0.15) is 13.1 Å². The normalized spacial score (nSPS) is 15.4. The van der Waals surface area contributed by atoms with Crippen molar-refractivity contribution in [3.8, 4) is 0 Å². The maximum Gasteiger partial charge on any atom is 0.299 e. The van der Waals surface area contributed by atoms with Gasteiger partial charge >= 0.3 is 0 Å². The van der Waals surface area contributed by atoms with Gasteiger partial charge in [-0.1, -0.05) is 19.1 Å². The van der Waals surface area contributed by atoms with Crippen molar-refractivity contribution in [3.63, 3.8) is 0 Å². The van der Waals surface area contributed by atoms with Gasteiger partial charge in [0, 0.05) is 24.8 Å². The second-order valence-electron chi connectivity index (χ2n) is 4.85. The van der Waals surface area contributed by atoms with Crippen LogP contribution < -0.4 is 14.8 Å². The molecular weight excluding hydrogens is 262 g/mol. The fourth-order valence-electron chi connectivity index (χ4n) is 1.67. The second kappa shape index (κ2) is 6.36. The highest BCUT2D eigenvalue weighted by Gasteiger charge is 2.19. The first-order valence-electron chi connectivity index (χ1n) is 6.69. The highest BCUT2D eigenvalue weighted by Crippen LogP contribution is 2.19. The Labute approximate surface area is 115 Å². The van der Waals surface area contributed by atoms with Crippen LogP contribution in [0.25, 0.3) is 0 Å². The summed E-state index contributed by atoms with van der Waals surface area (Å²) in [7, 11) is -3.44.